The Morgan fingerprint density at radius 2 is 1.63 bits per heavy atom. The Bertz CT molecular complexity index is 1150. The quantitative estimate of drug-likeness (QED) is 0.337. The second kappa shape index (κ2) is 12.1. The molecule has 1 aliphatic rings. The Morgan fingerprint density at radius 1 is 0.914 bits per heavy atom. The van der Waals surface area contributed by atoms with Crippen LogP contribution in [-0.2, 0) is 11.3 Å². The summed E-state index contributed by atoms with van der Waals surface area (Å²) in [5, 5.41) is 1.57. The molecule has 0 bridgehead atoms. The van der Waals surface area contributed by atoms with Gasteiger partial charge in [-0.05, 0) is 53.6 Å². The van der Waals surface area contributed by atoms with Crippen molar-refractivity contribution in [1.82, 2.24) is 9.80 Å². The highest BCUT2D eigenvalue weighted by Gasteiger charge is 2.26. The Balaban J connectivity index is 1.40. The number of carbonyl (C=O) groups is 1. The highest BCUT2D eigenvalue weighted by Crippen LogP contribution is 2.26. The number of hydrogen-bond acceptors (Lipinski definition) is 4. The van der Waals surface area contributed by atoms with Crippen molar-refractivity contribution in [1.29, 1.82) is 0 Å². The summed E-state index contributed by atoms with van der Waals surface area (Å²) in [5.41, 5.74) is 2.58. The first-order valence-corrected chi connectivity index (χ1v) is 12.5. The minimum atomic E-state index is -0.147. The maximum atomic E-state index is 13.0. The molecule has 3 aromatic rings. The van der Waals surface area contributed by atoms with Crippen molar-refractivity contribution in [2.45, 2.75) is 12.7 Å². The Hall–Kier alpha value is -2.28. The topological polar surface area (TPSA) is 42.0 Å². The number of piperazine rings is 1. The number of benzene rings is 3. The Labute approximate surface area is 221 Å². The highest BCUT2D eigenvalue weighted by atomic mass is 35.5. The average Bonchev–Trinajstić information content (AvgIpc) is 2.87. The molecule has 1 saturated heterocycles. The van der Waals surface area contributed by atoms with Crippen LogP contribution in [0.1, 0.15) is 27.6 Å². The Kier molecular flexibility index (Phi) is 8.93. The molecule has 0 aliphatic carbocycles. The molecule has 0 N–H and O–H groups in total. The number of nitrogens with zero attached hydrogens (tertiary/aromatic N) is 2. The lowest BCUT2D eigenvalue weighted by atomic mass is 10.1. The van der Waals surface area contributed by atoms with Gasteiger partial charge in [-0.3, -0.25) is 9.69 Å². The van der Waals surface area contributed by atoms with Crippen LogP contribution in [0.25, 0.3) is 0 Å². The van der Waals surface area contributed by atoms with Gasteiger partial charge in [0, 0.05) is 42.8 Å². The van der Waals surface area contributed by atoms with E-state index in [1.807, 2.05) is 53.4 Å². The molecular weight excluding hydrogens is 507 g/mol. The van der Waals surface area contributed by atoms with Crippen molar-refractivity contribution >= 4 is 40.7 Å². The Morgan fingerprint density at radius 3 is 2.31 bits per heavy atom. The van der Waals surface area contributed by atoms with Crippen LogP contribution in [-0.4, -0.2) is 55.5 Å². The first-order valence-electron chi connectivity index (χ1n) is 11.4. The highest BCUT2D eigenvalue weighted by molar-refractivity contribution is 6.36. The fraction of sp³-hybridized carbons (Fsp3) is 0.296. The SMILES string of the molecule is COc1cccc(CO[C@@H](CN2CCN(C(=O)c3ccc(Cl)cc3Cl)CC2)c2ccc(Cl)cc2)c1. The zero-order chi connectivity index (χ0) is 24.8. The van der Waals surface area contributed by atoms with E-state index >= 15 is 0 Å². The van der Waals surface area contributed by atoms with Crippen molar-refractivity contribution in [2.24, 2.45) is 0 Å². The number of amides is 1. The zero-order valence-corrected chi connectivity index (χ0v) is 21.7. The van der Waals surface area contributed by atoms with E-state index in [0.717, 1.165) is 30.0 Å². The molecule has 0 spiro atoms. The largest absolute Gasteiger partial charge is 0.497 e. The third kappa shape index (κ3) is 6.90. The van der Waals surface area contributed by atoms with Gasteiger partial charge in [0.15, 0.2) is 0 Å². The molecule has 35 heavy (non-hydrogen) atoms. The molecule has 3 aromatic carbocycles. The van der Waals surface area contributed by atoms with Crippen LogP contribution in [0.4, 0.5) is 0 Å². The third-order valence-electron chi connectivity index (χ3n) is 6.07. The number of ether oxygens (including phenoxy) is 2. The molecule has 0 aromatic heterocycles. The van der Waals surface area contributed by atoms with Crippen molar-refractivity contribution < 1.29 is 14.3 Å². The fourth-order valence-electron chi connectivity index (χ4n) is 4.09. The molecule has 8 heteroatoms. The number of rotatable bonds is 8. The lowest BCUT2D eigenvalue weighted by molar-refractivity contribution is 0.00338. The van der Waals surface area contributed by atoms with Gasteiger partial charge < -0.3 is 14.4 Å². The maximum Gasteiger partial charge on any atom is 0.255 e. The van der Waals surface area contributed by atoms with Gasteiger partial charge in [-0.15, -0.1) is 0 Å². The number of hydrogen-bond donors (Lipinski definition) is 0. The van der Waals surface area contributed by atoms with Gasteiger partial charge in [0.1, 0.15) is 5.75 Å². The van der Waals surface area contributed by atoms with Gasteiger partial charge in [0.25, 0.3) is 5.91 Å². The summed E-state index contributed by atoms with van der Waals surface area (Å²) in [6.07, 6.45) is -0.147. The number of carbonyl (C=O) groups excluding carboxylic acids is 1. The van der Waals surface area contributed by atoms with Crippen molar-refractivity contribution in [3.05, 3.63) is 98.5 Å². The van der Waals surface area contributed by atoms with Crippen LogP contribution in [0.5, 0.6) is 5.75 Å². The van der Waals surface area contributed by atoms with E-state index < -0.39 is 0 Å². The molecule has 1 amide bonds. The molecule has 1 aliphatic heterocycles. The van der Waals surface area contributed by atoms with Gasteiger partial charge in [-0.2, -0.15) is 0 Å². The monoisotopic (exact) mass is 532 g/mol. The average molecular weight is 534 g/mol. The van der Waals surface area contributed by atoms with E-state index in [4.69, 9.17) is 44.3 Å². The lowest BCUT2D eigenvalue weighted by Crippen LogP contribution is -2.49. The van der Waals surface area contributed by atoms with Crippen molar-refractivity contribution in [3.63, 3.8) is 0 Å². The van der Waals surface area contributed by atoms with Crippen LogP contribution in [0.3, 0.4) is 0 Å². The van der Waals surface area contributed by atoms with E-state index in [1.165, 1.54) is 0 Å². The van der Waals surface area contributed by atoms with Crippen LogP contribution in [0.2, 0.25) is 15.1 Å². The summed E-state index contributed by atoms with van der Waals surface area (Å²) in [6.45, 7) is 3.86. The lowest BCUT2D eigenvalue weighted by Gasteiger charge is -2.36. The van der Waals surface area contributed by atoms with E-state index in [-0.39, 0.29) is 12.0 Å². The standard InChI is InChI=1S/C27H27Cl3N2O3/c1-34-23-4-2-3-19(15-23)18-35-26(20-5-7-21(28)8-6-20)17-31-11-13-32(14-12-31)27(33)24-10-9-22(29)16-25(24)30/h2-10,15-16,26H,11-14,17-18H2,1H3/t26-/m0/s1. The summed E-state index contributed by atoms with van der Waals surface area (Å²) in [5.74, 6) is 0.727. The van der Waals surface area contributed by atoms with Crippen molar-refractivity contribution in [2.75, 3.05) is 39.8 Å². The predicted molar refractivity (Wildman–Crippen MR) is 141 cm³/mol. The van der Waals surface area contributed by atoms with Crippen LogP contribution in [0, 0.1) is 0 Å². The fourth-order valence-corrected chi connectivity index (χ4v) is 4.71. The molecule has 184 valence electrons. The summed E-state index contributed by atoms with van der Waals surface area (Å²) >= 11 is 18.3. The molecule has 1 atom stereocenters. The summed E-state index contributed by atoms with van der Waals surface area (Å²) < 4.78 is 11.7. The number of halogens is 3. The summed E-state index contributed by atoms with van der Waals surface area (Å²) in [7, 11) is 1.65. The first kappa shape index (κ1) is 25.8. The zero-order valence-electron chi connectivity index (χ0n) is 19.4. The third-order valence-corrected chi connectivity index (χ3v) is 6.87. The molecule has 4 rings (SSSR count). The number of methoxy groups -OCH3 is 1. The molecule has 5 nitrogen and oxygen atoms in total. The second-order valence-corrected chi connectivity index (χ2v) is 9.70. The molecule has 0 unspecified atom stereocenters. The first-order chi connectivity index (χ1) is 16.9. The van der Waals surface area contributed by atoms with Crippen LogP contribution < -0.4 is 4.74 Å². The van der Waals surface area contributed by atoms with Gasteiger partial charge in [-0.1, -0.05) is 59.1 Å². The van der Waals surface area contributed by atoms with Gasteiger partial charge in [-0.25, -0.2) is 0 Å². The minimum Gasteiger partial charge on any atom is -0.497 e. The van der Waals surface area contributed by atoms with Gasteiger partial charge >= 0.3 is 0 Å². The van der Waals surface area contributed by atoms with E-state index in [9.17, 15) is 4.79 Å². The molecular formula is C27H27Cl3N2O3. The summed E-state index contributed by atoms with van der Waals surface area (Å²) in [4.78, 5) is 17.1. The maximum absolute atomic E-state index is 13.0. The van der Waals surface area contributed by atoms with E-state index in [1.54, 1.807) is 25.3 Å². The van der Waals surface area contributed by atoms with E-state index in [2.05, 4.69) is 4.90 Å². The normalized spacial score (nSPS) is 15.1. The van der Waals surface area contributed by atoms with Crippen LogP contribution in [0.15, 0.2) is 66.7 Å². The van der Waals surface area contributed by atoms with Crippen LogP contribution >= 0.6 is 34.8 Å². The minimum absolute atomic E-state index is 0.0742. The smallest absolute Gasteiger partial charge is 0.255 e. The predicted octanol–water partition coefficient (Wildman–Crippen LogP) is 6.37. The molecule has 1 heterocycles. The second-order valence-electron chi connectivity index (χ2n) is 8.42. The molecule has 0 radical (unpaired) electrons. The summed E-state index contributed by atoms with van der Waals surface area (Å²) in [6, 6.07) is 20.6. The van der Waals surface area contributed by atoms with Gasteiger partial charge in [0.05, 0.1) is 30.4 Å². The van der Waals surface area contributed by atoms with E-state index in [0.29, 0.717) is 46.9 Å². The van der Waals surface area contributed by atoms with Gasteiger partial charge in [0.2, 0.25) is 0 Å². The van der Waals surface area contributed by atoms with Crippen molar-refractivity contribution in [3.8, 4) is 5.75 Å². The molecule has 1 fully saturated rings. The molecule has 0 saturated carbocycles.